The van der Waals surface area contributed by atoms with Crippen LogP contribution >= 0.6 is 11.3 Å². The Labute approximate surface area is 208 Å². The number of thiophene rings is 1. The van der Waals surface area contributed by atoms with Crippen molar-refractivity contribution in [2.75, 3.05) is 0 Å². The van der Waals surface area contributed by atoms with E-state index in [1.165, 1.54) is 20.2 Å². The van der Waals surface area contributed by atoms with Gasteiger partial charge in [-0.3, -0.25) is 0 Å². The molecular weight excluding hydrogens is 451 g/mol. The van der Waals surface area contributed by atoms with E-state index in [-0.39, 0.29) is 0 Å². The monoisotopic (exact) mass is 476 g/mol. The topological polar surface area (TPSA) is 31.6 Å². The van der Waals surface area contributed by atoms with Crippen LogP contribution in [0.4, 0.5) is 0 Å². The van der Waals surface area contributed by atoms with Crippen LogP contribution in [0.2, 0.25) is 0 Å². The summed E-state index contributed by atoms with van der Waals surface area (Å²) >= 11 is 1.83. The van der Waals surface area contributed by atoms with E-state index in [4.69, 9.17) is 13.7 Å². The summed E-state index contributed by atoms with van der Waals surface area (Å²) in [5.41, 5.74) is 4.18. The van der Waals surface area contributed by atoms with Gasteiger partial charge in [0, 0.05) is 36.5 Å². The van der Waals surface area contributed by atoms with Gasteiger partial charge in [0.15, 0.2) is 0 Å². The maximum absolute atomic E-state index is 6.44. The van der Waals surface area contributed by atoms with E-state index in [0.29, 0.717) is 0 Å². The normalized spacial score (nSPS) is 17.3. The van der Waals surface area contributed by atoms with Crippen LogP contribution in [-0.4, -0.2) is 18.3 Å². The van der Waals surface area contributed by atoms with Crippen LogP contribution < -0.4 is 5.46 Å². The van der Waals surface area contributed by atoms with E-state index in [1.54, 1.807) is 0 Å². The molecule has 5 heteroatoms. The Balaban J connectivity index is 1.48. The predicted octanol–water partition coefficient (Wildman–Crippen LogP) is 7.92. The molecule has 0 bridgehead atoms. The lowest BCUT2D eigenvalue weighted by Crippen LogP contribution is -2.41. The van der Waals surface area contributed by atoms with Gasteiger partial charge in [-0.1, -0.05) is 60.7 Å². The van der Waals surface area contributed by atoms with E-state index < -0.39 is 18.3 Å². The van der Waals surface area contributed by atoms with Crippen LogP contribution in [0.1, 0.15) is 27.7 Å². The van der Waals surface area contributed by atoms with Crippen LogP contribution in [-0.2, 0) is 9.31 Å². The number of benzene rings is 4. The van der Waals surface area contributed by atoms with Crippen LogP contribution in [0, 0.1) is 0 Å². The Morgan fingerprint density at radius 3 is 2.14 bits per heavy atom. The first-order valence-electron chi connectivity index (χ1n) is 12.0. The number of rotatable bonds is 2. The molecule has 0 N–H and O–H groups in total. The molecule has 2 aromatic heterocycles. The molecule has 1 aliphatic heterocycles. The molecule has 7 rings (SSSR count). The number of fused-ring (bicyclic) bond motifs is 6. The fraction of sp³-hybridized carbons (Fsp3) is 0.200. The minimum atomic E-state index is -0.440. The fourth-order valence-corrected chi connectivity index (χ4v) is 6.22. The molecule has 35 heavy (non-hydrogen) atoms. The second-order valence-electron chi connectivity index (χ2n) is 10.4. The first-order valence-corrected chi connectivity index (χ1v) is 12.8. The smallest absolute Gasteiger partial charge is 0.455 e. The van der Waals surface area contributed by atoms with Crippen molar-refractivity contribution in [1.29, 1.82) is 0 Å². The van der Waals surface area contributed by atoms with Gasteiger partial charge < -0.3 is 13.7 Å². The molecule has 0 spiro atoms. The van der Waals surface area contributed by atoms with Crippen molar-refractivity contribution >= 4 is 66.0 Å². The number of para-hydroxylation sites is 1. The van der Waals surface area contributed by atoms with Gasteiger partial charge in [0.1, 0.15) is 11.2 Å². The number of furan rings is 1. The van der Waals surface area contributed by atoms with Gasteiger partial charge in [0.05, 0.1) is 11.2 Å². The highest BCUT2D eigenvalue weighted by Gasteiger charge is 2.51. The Kier molecular flexibility index (Phi) is 4.36. The number of hydrogen-bond acceptors (Lipinski definition) is 4. The molecule has 1 aliphatic rings. The summed E-state index contributed by atoms with van der Waals surface area (Å²) in [5.74, 6) is 0. The third kappa shape index (κ3) is 3.12. The Hall–Kier alpha value is -3.12. The van der Waals surface area contributed by atoms with Crippen LogP contribution in [0.15, 0.2) is 83.3 Å². The van der Waals surface area contributed by atoms with E-state index in [9.17, 15) is 0 Å². The van der Waals surface area contributed by atoms with Crippen molar-refractivity contribution in [3.05, 3.63) is 78.9 Å². The molecule has 0 atom stereocenters. The minimum Gasteiger partial charge on any atom is -0.455 e. The Bertz CT molecular complexity index is 1760. The summed E-state index contributed by atoms with van der Waals surface area (Å²) in [6, 6.07) is 27.9. The standard InChI is InChI=1S/C30H25BO3S/c1-29(2)30(3,4)34-31(33-29)19-16-23(28-24(17-19)20-9-5-7-11-25(20)32-28)18-13-14-22-21-10-6-8-12-26(21)35-27(22)15-18/h5-17H,1-4H3. The van der Waals surface area contributed by atoms with Gasteiger partial charge in [-0.05, 0) is 56.9 Å². The summed E-state index contributed by atoms with van der Waals surface area (Å²) in [6.07, 6.45) is 0. The molecule has 3 nitrogen and oxygen atoms in total. The molecule has 1 fully saturated rings. The van der Waals surface area contributed by atoms with Crippen LogP contribution in [0.3, 0.4) is 0 Å². The van der Waals surface area contributed by atoms with Crippen molar-refractivity contribution in [3.63, 3.8) is 0 Å². The quantitative estimate of drug-likeness (QED) is 0.238. The summed E-state index contributed by atoms with van der Waals surface area (Å²) in [7, 11) is -0.440. The summed E-state index contributed by atoms with van der Waals surface area (Å²) in [6.45, 7) is 8.37. The molecular formula is C30H25BO3S. The highest BCUT2D eigenvalue weighted by molar-refractivity contribution is 7.25. The van der Waals surface area contributed by atoms with Crippen LogP contribution in [0.25, 0.3) is 53.2 Å². The molecule has 0 amide bonds. The summed E-state index contributed by atoms with van der Waals surface area (Å²) in [4.78, 5) is 0. The third-order valence-electron chi connectivity index (χ3n) is 7.72. The second kappa shape index (κ2) is 7.20. The first-order chi connectivity index (χ1) is 16.8. The van der Waals surface area contributed by atoms with Crippen molar-refractivity contribution in [2.24, 2.45) is 0 Å². The average molecular weight is 476 g/mol. The molecule has 172 valence electrons. The molecule has 0 aliphatic carbocycles. The highest BCUT2D eigenvalue weighted by atomic mass is 32.1. The zero-order valence-corrected chi connectivity index (χ0v) is 21.0. The van der Waals surface area contributed by atoms with E-state index in [0.717, 1.165) is 38.5 Å². The summed E-state index contributed by atoms with van der Waals surface area (Å²) in [5, 5.41) is 4.78. The first kappa shape index (κ1) is 21.2. The van der Waals surface area contributed by atoms with Gasteiger partial charge in [0.25, 0.3) is 0 Å². The average Bonchev–Trinajstić information content (AvgIpc) is 3.46. The van der Waals surface area contributed by atoms with Gasteiger partial charge in [0.2, 0.25) is 0 Å². The van der Waals surface area contributed by atoms with E-state index in [1.807, 2.05) is 23.5 Å². The van der Waals surface area contributed by atoms with Gasteiger partial charge in [-0.2, -0.15) is 0 Å². The van der Waals surface area contributed by atoms with Crippen molar-refractivity contribution < 1.29 is 13.7 Å². The van der Waals surface area contributed by atoms with Crippen molar-refractivity contribution in [1.82, 2.24) is 0 Å². The van der Waals surface area contributed by atoms with E-state index >= 15 is 0 Å². The SMILES string of the molecule is CC1(C)OB(c2cc(-c3ccc4c(c3)sc3ccccc34)c3oc4ccccc4c3c2)OC1(C)C. The van der Waals surface area contributed by atoms with Crippen molar-refractivity contribution in [2.45, 2.75) is 38.9 Å². The number of hydrogen-bond donors (Lipinski definition) is 0. The maximum Gasteiger partial charge on any atom is 0.494 e. The molecule has 3 heterocycles. The maximum atomic E-state index is 6.44. The predicted molar refractivity (Wildman–Crippen MR) is 148 cm³/mol. The van der Waals surface area contributed by atoms with Gasteiger partial charge in [-0.15, -0.1) is 11.3 Å². The Morgan fingerprint density at radius 2 is 1.34 bits per heavy atom. The molecule has 1 saturated heterocycles. The summed E-state index contributed by atoms with van der Waals surface area (Å²) < 4.78 is 21.9. The largest absolute Gasteiger partial charge is 0.494 e. The highest BCUT2D eigenvalue weighted by Crippen LogP contribution is 2.41. The third-order valence-corrected chi connectivity index (χ3v) is 8.85. The fourth-order valence-electron chi connectivity index (χ4n) is 5.07. The molecule has 6 aromatic rings. The molecule has 4 aromatic carbocycles. The zero-order chi connectivity index (χ0) is 23.9. The molecule has 0 radical (unpaired) electrons. The molecule has 0 saturated carbocycles. The van der Waals surface area contributed by atoms with E-state index in [2.05, 4.69) is 94.4 Å². The second-order valence-corrected chi connectivity index (χ2v) is 11.5. The Morgan fingerprint density at radius 1 is 0.657 bits per heavy atom. The lowest BCUT2D eigenvalue weighted by molar-refractivity contribution is 0.00578. The van der Waals surface area contributed by atoms with Crippen molar-refractivity contribution in [3.8, 4) is 11.1 Å². The zero-order valence-electron chi connectivity index (χ0n) is 20.2. The van der Waals surface area contributed by atoms with Gasteiger partial charge >= 0.3 is 7.12 Å². The lowest BCUT2D eigenvalue weighted by Gasteiger charge is -2.32. The minimum absolute atomic E-state index is 0.402. The molecule has 0 unspecified atom stereocenters. The lowest BCUT2D eigenvalue weighted by atomic mass is 9.77. The van der Waals surface area contributed by atoms with Gasteiger partial charge in [-0.25, -0.2) is 0 Å². The van der Waals surface area contributed by atoms with Crippen LogP contribution in [0.5, 0.6) is 0 Å².